The summed E-state index contributed by atoms with van der Waals surface area (Å²) in [5.74, 6) is -0.463. The van der Waals surface area contributed by atoms with Crippen LogP contribution in [0, 0.1) is 15.9 Å². The van der Waals surface area contributed by atoms with E-state index < -0.39 is 28.3 Å². The number of nitrogens with zero attached hydrogens (tertiary/aromatic N) is 3. The van der Waals surface area contributed by atoms with Crippen molar-refractivity contribution < 1.29 is 23.3 Å². The van der Waals surface area contributed by atoms with Crippen LogP contribution in [0.4, 0.5) is 10.1 Å². The molecule has 0 amide bonds. The Kier molecular flexibility index (Phi) is 7.81. The van der Waals surface area contributed by atoms with Crippen LogP contribution >= 0.6 is 22.9 Å². The number of nitro groups is 1. The molecule has 3 heterocycles. The van der Waals surface area contributed by atoms with Gasteiger partial charge in [-0.05, 0) is 48.9 Å². The number of carbonyl (C=O) groups is 1. The monoisotopic (exact) mass is 629 g/mol. The zero-order valence-electron chi connectivity index (χ0n) is 22.9. The number of rotatable bonds is 7. The summed E-state index contributed by atoms with van der Waals surface area (Å²) in [6, 6.07) is 21.3. The van der Waals surface area contributed by atoms with Crippen LogP contribution in [0.15, 0.2) is 105 Å². The van der Waals surface area contributed by atoms with Crippen molar-refractivity contribution in [2.45, 2.75) is 13.0 Å². The van der Waals surface area contributed by atoms with Gasteiger partial charge in [0.05, 0.1) is 33.4 Å². The maximum absolute atomic E-state index is 14.0. The highest BCUT2D eigenvalue weighted by Crippen LogP contribution is 2.35. The molecule has 0 saturated heterocycles. The number of furan rings is 1. The van der Waals surface area contributed by atoms with Crippen molar-refractivity contribution in [3.8, 4) is 11.3 Å². The third-order valence-electron chi connectivity index (χ3n) is 6.89. The van der Waals surface area contributed by atoms with Gasteiger partial charge < -0.3 is 9.15 Å². The van der Waals surface area contributed by atoms with Crippen LogP contribution in [0.25, 0.3) is 23.1 Å². The van der Waals surface area contributed by atoms with Crippen molar-refractivity contribution in [3.63, 3.8) is 0 Å². The molecule has 1 aliphatic heterocycles. The van der Waals surface area contributed by atoms with Gasteiger partial charge in [-0.15, -0.1) is 0 Å². The minimum absolute atomic E-state index is 0.000549. The predicted octanol–water partition coefficient (Wildman–Crippen LogP) is 5.90. The number of nitro benzene ring substituents is 1. The average Bonchev–Trinajstić information content (AvgIpc) is 3.61. The number of thiazole rings is 1. The number of benzene rings is 3. The lowest BCUT2D eigenvalue weighted by Crippen LogP contribution is -2.40. The van der Waals surface area contributed by atoms with Gasteiger partial charge >= 0.3 is 5.97 Å². The minimum atomic E-state index is -0.954. The van der Waals surface area contributed by atoms with E-state index in [-0.39, 0.29) is 27.4 Å². The van der Waals surface area contributed by atoms with Gasteiger partial charge in [0.1, 0.15) is 22.4 Å². The second-order valence-corrected chi connectivity index (χ2v) is 11.0. The van der Waals surface area contributed by atoms with E-state index in [9.17, 15) is 24.1 Å². The smallest absolute Gasteiger partial charge is 0.338 e. The normalized spacial score (nSPS) is 14.7. The summed E-state index contributed by atoms with van der Waals surface area (Å²) in [5, 5.41) is 11.3. The van der Waals surface area contributed by atoms with Crippen molar-refractivity contribution in [2.24, 2.45) is 4.99 Å². The van der Waals surface area contributed by atoms with Gasteiger partial charge in [0.2, 0.25) is 0 Å². The Balaban J connectivity index is 1.53. The van der Waals surface area contributed by atoms with Gasteiger partial charge in [0.25, 0.3) is 11.2 Å². The van der Waals surface area contributed by atoms with E-state index in [4.69, 9.17) is 25.7 Å². The van der Waals surface area contributed by atoms with Crippen molar-refractivity contribution in [1.82, 2.24) is 4.57 Å². The predicted molar refractivity (Wildman–Crippen MR) is 163 cm³/mol. The molecule has 6 rings (SSSR count). The van der Waals surface area contributed by atoms with Crippen LogP contribution in [0.1, 0.15) is 29.9 Å². The summed E-state index contributed by atoms with van der Waals surface area (Å²) >= 11 is 7.04. The molecule has 5 aromatic rings. The van der Waals surface area contributed by atoms with Crippen LogP contribution < -0.4 is 14.9 Å². The van der Waals surface area contributed by atoms with Crippen molar-refractivity contribution in [2.75, 3.05) is 6.61 Å². The van der Waals surface area contributed by atoms with Crippen LogP contribution in [0.2, 0.25) is 5.02 Å². The first-order chi connectivity index (χ1) is 21.2. The fraction of sp³-hybridized carbons (Fsp3) is 0.0938. The molecule has 0 spiro atoms. The van der Waals surface area contributed by atoms with Gasteiger partial charge in [-0.25, -0.2) is 14.2 Å². The first-order valence-electron chi connectivity index (χ1n) is 13.3. The Morgan fingerprint density at radius 1 is 1.11 bits per heavy atom. The SMILES string of the molecule is CCOC(=O)C1=C(c2ccccc2)N=c2s/c(=C\c3ccc(-c4ccc(Cl)c([N+](=O)[O-])c4)o3)c(=O)n2[C@@H]1c1ccc(F)cc1. The molecule has 1 atom stereocenters. The van der Waals surface area contributed by atoms with Gasteiger partial charge in [0.15, 0.2) is 4.80 Å². The molecule has 0 radical (unpaired) electrons. The van der Waals surface area contributed by atoms with Gasteiger partial charge in [-0.2, -0.15) is 0 Å². The van der Waals surface area contributed by atoms with Crippen LogP contribution in [0.3, 0.4) is 0 Å². The second-order valence-electron chi connectivity index (χ2n) is 9.61. The molecular formula is C32H21ClFN3O6S. The van der Waals surface area contributed by atoms with E-state index in [0.29, 0.717) is 38.7 Å². The molecule has 0 saturated carbocycles. The van der Waals surface area contributed by atoms with E-state index in [2.05, 4.69) is 0 Å². The lowest BCUT2D eigenvalue weighted by Gasteiger charge is -2.25. The van der Waals surface area contributed by atoms with E-state index in [1.807, 2.05) is 18.2 Å². The Bertz CT molecular complexity index is 2130. The van der Waals surface area contributed by atoms with E-state index >= 15 is 0 Å². The molecule has 0 bridgehead atoms. The fourth-order valence-electron chi connectivity index (χ4n) is 4.92. The van der Waals surface area contributed by atoms with Crippen LogP contribution in [0.5, 0.6) is 0 Å². The number of aromatic nitrogens is 1. The number of fused-ring (bicyclic) bond motifs is 1. The molecule has 9 nitrogen and oxygen atoms in total. The summed E-state index contributed by atoms with van der Waals surface area (Å²) in [6.45, 7) is 1.78. The molecule has 0 N–H and O–H groups in total. The lowest BCUT2D eigenvalue weighted by atomic mass is 9.93. The second kappa shape index (κ2) is 11.9. The number of hydrogen-bond donors (Lipinski definition) is 0. The zero-order chi connectivity index (χ0) is 31.0. The molecular weight excluding hydrogens is 609 g/mol. The first-order valence-corrected chi connectivity index (χ1v) is 14.5. The quantitative estimate of drug-likeness (QED) is 0.126. The molecule has 3 aromatic carbocycles. The number of carbonyl (C=O) groups excluding carboxylic acids is 1. The average molecular weight is 630 g/mol. The van der Waals surface area contributed by atoms with E-state index in [0.717, 1.165) is 11.3 Å². The van der Waals surface area contributed by atoms with Crippen molar-refractivity contribution in [1.29, 1.82) is 0 Å². The summed E-state index contributed by atoms with van der Waals surface area (Å²) in [5.41, 5.74) is 1.36. The fourth-order valence-corrected chi connectivity index (χ4v) is 6.09. The molecule has 220 valence electrons. The van der Waals surface area contributed by atoms with Gasteiger partial charge in [-0.3, -0.25) is 19.5 Å². The molecule has 0 fully saturated rings. The highest BCUT2D eigenvalue weighted by molar-refractivity contribution is 7.07. The molecule has 44 heavy (non-hydrogen) atoms. The van der Waals surface area contributed by atoms with Crippen molar-refractivity contribution in [3.05, 3.63) is 148 Å². The molecule has 0 aliphatic carbocycles. The lowest BCUT2D eigenvalue weighted by molar-refractivity contribution is -0.384. The summed E-state index contributed by atoms with van der Waals surface area (Å²) in [7, 11) is 0. The van der Waals surface area contributed by atoms with E-state index in [1.165, 1.54) is 47.0 Å². The summed E-state index contributed by atoms with van der Waals surface area (Å²) < 4.78 is 27.0. The topological polar surface area (TPSA) is 117 Å². The highest BCUT2D eigenvalue weighted by atomic mass is 35.5. The molecule has 12 heteroatoms. The Labute approximate surface area is 257 Å². The van der Waals surface area contributed by atoms with Crippen molar-refractivity contribution >= 4 is 46.4 Å². The molecule has 2 aromatic heterocycles. The van der Waals surface area contributed by atoms with Crippen LogP contribution in [-0.2, 0) is 9.53 Å². The Hall–Kier alpha value is -5.13. The maximum atomic E-state index is 14.0. The standard InChI is InChI=1S/C32H21ClFN3O6S/c1-2-42-31(39)27-28(18-6-4-3-5-7-18)35-32-36(29(27)19-8-11-21(34)12-9-19)30(38)26(44-32)17-22-13-15-25(43-22)20-10-14-23(33)24(16-20)37(40)41/h3-17,29H,2H2,1H3/b26-17-/t29-/m1/s1. The number of esters is 1. The minimum Gasteiger partial charge on any atom is -0.463 e. The summed E-state index contributed by atoms with van der Waals surface area (Å²) in [6.07, 6.45) is 1.54. The van der Waals surface area contributed by atoms with Gasteiger partial charge in [-0.1, -0.05) is 65.4 Å². The van der Waals surface area contributed by atoms with Gasteiger partial charge in [0, 0.05) is 23.3 Å². The Morgan fingerprint density at radius 2 is 1.86 bits per heavy atom. The Morgan fingerprint density at radius 3 is 2.57 bits per heavy atom. The zero-order valence-corrected chi connectivity index (χ0v) is 24.5. The maximum Gasteiger partial charge on any atom is 0.338 e. The largest absolute Gasteiger partial charge is 0.463 e. The number of ether oxygens (including phenoxy) is 1. The molecule has 0 unspecified atom stereocenters. The first kappa shape index (κ1) is 29.0. The number of halogens is 2. The third-order valence-corrected chi connectivity index (χ3v) is 8.19. The van der Waals surface area contributed by atoms with Crippen LogP contribution in [-0.4, -0.2) is 22.1 Å². The summed E-state index contributed by atoms with van der Waals surface area (Å²) in [4.78, 5) is 43.3. The number of hydrogen-bond acceptors (Lipinski definition) is 8. The molecule has 1 aliphatic rings. The van der Waals surface area contributed by atoms with E-state index in [1.54, 1.807) is 37.3 Å². The third kappa shape index (κ3) is 5.38. The highest BCUT2D eigenvalue weighted by Gasteiger charge is 2.35.